The second-order valence-corrected chi connectivity index (χ2v) is 8.17. The van der Waals surface area contributed by atoms with E-state index in [0.717, 1.165) is 21.2 Å². The van der Waals surface area contributed by atoms with Gasteiger partial charge in [-0.05, 0) is 41.8 Å². The van der Waals surface area contributed by atoms with Crippen molar-refractivity contribution in [3.05, 3.63) is 69.9 Å². The van der Waals surface area contributed by atoms with Crippen LogP contribution in [0.25, 0.3) is 0 Å². The molecule has 0 aliphatic heterocycles. The van der Waals surface area contributed by atoms with Crippen molar-refractivity contribution in [1.82, 2.24) is 14.5 Å². The molecule has 140 valence electrons. The Morgan fingerprint density at radius 3 is 2.37 bits per heavy atom. The topological polar surface area (TPSA) is 68.0 Å². The van der Waals surface area contributed by atoms with Crippen LogP contribution >= 0.6 is 35.0 Å². The van der Waals surface area contributed by atoms with Crippen LogP contribution in [0.15, 0.2) is 52.6 Å². The van der Waals surface area contributed by atoms with Crippen LogP contribution in [0.1, 0.15) is 41.6 Å². The van der Waals surface area contributed by atoms with Gasteiger partial charge in [-0.15, -0.1) is 0 Å². The molecule has 5 nitrogen and oxygen atoms in total. The average Bonchev–Trinajstić information content (AvgIpc) is 2.94. The first-order valence-electron chi connectivity index (χ1n) is 8.21. The summed E-state index contributed by atoms with van der Waals surface area (Å²) in [5.41, 5.74) is 1.66. The van der Waals surface area contributed by atoms with E-state index in [0.29, 0.717) is 16.6 Å². The Kier molecular flexibility index (Phi) is 6.09. The van der Waals surface area contributed by atoms with Crippen molar-refractivity contribution in [2.24, 2.45) is 0 Å². The minimum atomic E-state index is -1.07. The Balaban J connectivity index is 2.12. The molecule has 0 aliphatic rings. The van der Waals surface area contributed by atoms with E-state index < -0.39 is 5.97 Å². The van der Waals surface area contributed by atoms with Gasteiger partial charge >= 0.3 is 5.97 Å². The van der Waals surface area contributed by atoms with Crippen LogP contribution in [0.4, 0.5) is 0 Å². The number of nitrogens with zero attached hydrogens (tertiary/aromatic N) is 3. The maximum Gasteiger partial charge on any atom is 0.372 e. The number of imidazole rings is 1. The number of aromatic nitrogens is 3. The number of carbonyl (C=O) groups is 1. The Morgan fingerprint density at radius 2 is 1.81 bits per heavy atom. The molecule has 0 atom stereocenters. The first kappa shape index (κ1) is 19.7. The zero-order chi connectivity index (χ0) is 19.6. The summed E-state index contributed by atoms with van der Waals surface area (Å²) in [5, 5.41) is 11.5. The Hall–Kier alpha value is -2.02. The molecule has 2 heterocycles. The Morgan fingerprint density at radius 1 is 1.19 bits per heavy atom. The zero-order valence-corrected chi connectivity index (χ0v) is 17.0. The molecule has 2 aromatic heterocycles. The highest BCUT2D eigenvalue weighted by molar-refractivity contribution is 7.99. The minimum absolute atomic E-state index is 0.00568. The third-order valence-corrected chi connectivity index (χ3v) is 5.36. The minimum Gasteiger partial charge on any atom is -0.475 e. The molecule has 0 saturated carbocycles. The van der Waals surface area contributed by atoms with Gasteiger partial charge in [0, 0.05) is 27.3 Å². The van der Waals surface area contributed by atoms with E-state index in [1.54, 1.807) is 35.2 Å². The van der Waals surface area contributed by atoms with Gasteiger partial charge in [0.25, 0.3) is 0 Å². The summed E-state index contributed by atoms with van der Waals surface area (Å²) in [4.78, 5) is 21.1. The third-order valence-electron chi connectivity index (χ3n) is 3.83. The number of carboxylic acids is 1. The van der Waals surface area contributed by atoms with E-state index in [4.69, 9.17) is 23.2 Å². The molecule has 0 unspecified atom stereocenters. The molecule has 0 fully saturated rings. The fourth-order valence-corrected chi connectivity index (χ4v) is 4.52. The molecule has 0 radical (unpaired) electrons. The van der Waals surface area contributed by atoms with E-state index in [-0.39, 0.29) is 11.7 Å². The van der Waals surface area contributed by atoms with Crippen molar-refractivity contribution < 1.29 is 9.90 Å². The molecule has 1 aromatic carbocycles. The third kappa shape index (κ3) is 4.64. The van der Waals surface area contributed by atoms with Gasteiger partial charge < -0.3 is 9.67 Å². The highest BCUT2D eigenvalue weighted by atomic mass is 35.5. The number of hydrogen-bond donors (Lipinski definition) is 1. The molecule has 3 aromatic rings. The molecule has 0 bridgehead atoms. The standard InChI is InChI=1S/C19H17Cl2N3O2S/c1-11(2)16-18(27-15-8-13(20)7-14(21)9-15)24(17(23-16)19(25)26)10-12-3-5-22-6-4-12/h3-9,11H,10H2,1-2H3,(H,25,26). The summed E-state index contributed by atoms with van der Waals surface area (Å²) in [6, 6.07) is 8.96. The summed E-state index contributed by atoms with van der Waals surface area (Å²) in [7, 11) is 0. The van der Waals surface area contributed by atoms with E-state index in [1.807, 2.05) is 26.0 Å². The van der Waals surface area contributed by atoms with Crippen LogP contribution in [0.2, 0.25) is 10.0 Å². The lowest BCUT2D eigenvalue weighted by atomic mass is 10.1. The second kappa shape index (κ2) is 8.33. The fraction of sp³-hybridized carbons (Fsp3) is 0.211. The van der Waals surface area contributed by atoms with Gasteiger partial charge in [-0.25, -0.2) is 9.78 Å². The predicted octanol–water partition coefficient (Wildman–Crippen LogP) is 5.61. The highest BCUT2D eigenvalue weighted by Crippen LogP contribution is 2.37. The van der Waals surface area contributed by atoms with Crippen LogP contribution in [0.5, 0.6) is 0 Å². The summed E-state index contributed by atoms with van der Waals surface area (Å²) in [5.74, 6) is -1.01. The van der Waals surface area contributed by atoms with Crippen molar-refractivity contribution in [1.29, 1.82) is 0 Å². The van der Waals surface area contributed by atoms with E-state index in [2.05, 4.69) is 9.97 Å². The largest absolute Gasteiger partial charge is 0.475 e. The molecule has 0 spiro atoms. The smallest absolute Gasteiger partial charge is 0.372 e. The Bertz CT molecular complexity index is 954. The summed E-state index contributed by atoms with van der Waals surface area (Å²) >= 11 is 13.7. The first-order chi connectivity index (χ1) is 12.8. The van der Waals surface area contributed by atoms with Gasteiger partial charge in [0.05, 0.1) is 12.2 Å². The molecule has 0 saturated heterocycles. The van der Waals surface area contributed by atoms with Gasteiger partial charge in [-0.1, -0.05) is 48.8 Å². The maximum absolute atomic E-state index is 11.8. The summed E-state index contributed by atoms with van der Waals surface area (Å²) in [6.07, 6.45) is 3.36. The van der Waals surface area contributed by atoms with E-state index in [9.17, 15) is 9.90 Å². The van der Waals surface area contributed by atoms with Crippen molar-refractivity contribution in [3.8, 4) is 0 Å². The van der Waals surface area contributed by atoms with Crippen LogP contribution in [-0.4, -0.2) is 25.6 Å². The lowest BCUT2D eigenvalue weighted by Crippen LogP contribution is -2.11. The zero-order valence-electron chi connectivity index (χ0n) is 14.7. The second-order valence-electron chi connectivity index (χ2n) is 6.23. The van der Waals surface area contributed by atoms with E-state index in [1.165, 1.54) is 11.8 Å². The highest BCUT2D eigenvalue weighted by Gasteiger charge is 2.24. The van der Waals surface area contributed by atoms with Gasteiger partial charge in [0.1, 0.15) is 5.03 Å². The van der Waals surface area contributed by atoms with Crippen LogP contribution in [-0.2, 0) is 6.54 Å². The number of carboxylic acid groups (broad SMARTS) is 1. The maximum atomic E-state index is 11.8. The number of rotatable bonds is 6. The molecule has 3 rings (SSSR count). The quantitative estimate of drug-likeness (QED) is 0.560. The molecular weight excluding hydrogens is 405 g/mol. The van der Waals surface area contributed by atoms with Crippen LogP contribution in [0, 0.1) is 0 Å². The Labute approximate surface area is 171 Å². The van der Waals surface area contributed by atoms with Gasteiger partial charge in [-0.2, -0.15) is 0 Å². The normalized spacial score (nSPS) is 11.1. The van der Waals surface area contributed by atoms with Crippen molar-refractivity contribution in [3.63, 3.8) is 0 Å². The molecule has 1 N–H and O–H groups in total. The lowest BCUT2D eigenvalue weighted by Gasteiger charge is -2.13. The van der Waals surface area contributed by atoms with Crippen LogP contribution in [0.3, 0.4) is 0 Å². The fourth-order valence-electron chi connectivity index (χ4n) is 2.62. The predicted molar refractivity (Wildman–Crippen MR) is 107 cm³/mol. The number of halogens is 2. The SMILES string of the molecule is CC(C)c1nc(C(=O)O)n(Cc2ccncc2)c1Sc1cc(Cl)cc(Cl)c1. The average molecular weight is 422 g/mol. The summed E-state index contributed by atoms with van der Waals surface area (Å²) in [6.45, 7) is 4.35. The molecular formula is C19H17Cl2N3O2S. The lowest BCUT2D eigenvalue weighted by molar-refractivity contribution is 0.0677. The van der Waals surface area contributed by atoms with Crippen molar-refractivity contribution in [2.45, 2.75) is 36.2 Å². The number of benzene rings is 1. The number of aromatic carboxylic acids is 1. The van der Waals surface area contributed by atoms with Gasteiger partial charge in [-0.3, -0.25) is 4.98 Å². The molecule has 27 heavy (non-hydrogen) atoms. The van der Waals surface area contributed by atoms with Gasteiger partial charge in [0.2, 0.25) is 5.82 Å². The van der Waals surface area contributed by atoms with Crippen molar-refractivity contribution in [2.75, 3.05) is 0 Å². The van der Waals surface area contributed by atoms with Crippen molar-refractivity contribution >= 4 is 40.9 Å². The summed E-state index contributed by atoms with van der Waals surface area (Å²) < 4.78 is 1.71. The molecule has 0 amide bonds. The number of hydrogen-bond acceptors (Lipinski definition) is 4. The molecule has 8 heteroatoms. The first-order valence-corrected chi connectivity index (χ1v) is 9.79. The van der Waals surface area contributed by atoms with Gasteiger partial charge in [0.15, 0.2) is 0 Å². The number of pyridine rings is 1. The van der Waals surface area contributed by atoms with Crippen LogP contribution < -0.4 is 0 Å². The molecule has 0 aliphatic carbocycles. The monoisotopic (exact) mass is 421 g/mol. The van der Waals surface area contributed by atoms with E-state index >= 15 is 0 Å².